The highest BCUT2D eigenvalue weighted by molar-refractivity contribution is 6.30. The average molecular weight is 369 g/mol. The minimum Gasteiger partial charge on any atom is -0.324 e. The Bertz CT molecular complexity index is 999. The molecule has 0 spiro atoms. The van der Waals surface area contributed by atoms with Crippen molar-refractivity contribution in [1.29, 1.82) is 0 Å². The Morgan fingerprint density at radius 1 is 1.19 bits per heavy atom. The van der Waals surface area contributed by atoms with Crippen LogP contribution in [0.4, 0.5) is 5.69 Å². The Balaban J connectivity index is 1.81. The zero-order chi connectivity index (χ0) is 18.7. The first-order valence-electron chi connectivity index (χ1n) is 8.03. The SMILES string of the molecule is Cc1cccc(NC(=O)[C@@H](C)n2ncc(-c3ccc(Cl)cc3)nc2=O)c1. The Morgan fingerprint density at radius 3 is 2.58 bits per heavy atom. The average Bonchev–Trinajstić information content (AvgIpc) is 2.61. The Morgan fingerprint density at radius 2 is 1.92 bits per heavy atom. The minimum atomic E-state index is -0.796. The van der Waals surface area contributed by atoms with E-state index in [1.165, 1.54) is 6.20 Å². The third-order valence-electron chi connectivity index (χ3n) is 3.89. The number of aromatic nitrogens is 3. The van der Waals surface area contributed by atoms with Crippen molar-refractivity contribution in [3.8, 4) is 11.3 Å². The molecule has 1 atom stereocenters. The van der Waals surface area contributed by atoms with E-state index in [0.29, 0.717) is 16.4 Å². The highest BCUT2D eigenvalue weighted by Crippen LogP contribution is 2.18. The maximum absolute atomic E-state index is 12.4. The summed E-state index contributed by atoms with van der Waals surface area (Å²) in [5.74, 6) is -0.341. The van der Waals surface area contributed by atoms with Crippen molar-refractivity contribution >= 4 is 23.2 Å². The lowest BCUT2D eigenvalue weighted by Crippen LogP contribution is -2.34. The first-order valence-corrected chi connectivity index (χ1v) is 8.41. The van der Waals surface area contributed by atoms with Crippen LogP contribution in [0.1, 0.15) is 18.5 Å². The zero-order valence-electron chi connectivity index (χ0n) is 14.3. The van der Waals surface area contributed by atoms with Crippen molar-refractivity contribution in [3.05, 3.63) is 75.8 Å². The van der Waals surface area contributed by atoms with Gasteiger partial charge in [0.25, 0.3) is 0 Å². The second kappa shape index (κ2) is 7.49. The summed E-state index contributed by atoms with van der Waals surface area (Å²) in [5.41, 5.74) is 2.25. The Kier molecular flexibility index (Phi) is 5.14. The van der Waals surface area contributed by atoms with Gasteiger partial charge in [0.2, 0.25) is 5.91 Å². The molecule has 0 radical (unpaired) electrons. The molecule has 6 nitrogen and oxygen atoms in total. The van der Waals surface area contributed by atoms with Gasteiger partial charge in [-0.15, -0.1) is 0 Å². The molecule has 0 aliphatic carbocycles. The van der Waals surface area contributed by atoms with Crippen LogP contribution < -0.4 is 11.0 Å². The third-order valence-corrected chi connectivity index (χ3v) is 4.14. The highest BCUT2D eigenvalue weighted by Gasteiger charge is 2.18. The van der Waals surface area contributed by atoms with Gasteiger partial charge in [-0.25, -0.2) is 9.48 Å². The van der Waals surface area contributed by atoms with Crippen LogP contribution in [-0.2, 0) is 4.79 Å². The molecule has 0 bridgehead atoms. The van der Waals surface area contributed by atoms with Crippen molar-refractivity contribution in [3.63, 3.8) is 0 Å². The van der Waals surface area contributed by atoms with Gasteiger partial charge in [-0.1, -0.05) is 35.9 Å². The summed E-state index contributed by atoms with van der Waals surface area (Å²) in [6.45, 7) is 3.54. The predicted molar refractivity (Wildman–Crippen MR) is 101 cm³/mol. The van der Waals surface area contributed by atoms with Crippen LogP contribution in [0.2, 0.25) is 5.02 Å². The van der Waals surface area contributed by atoms with E-state index in [9.17, 15) is 9.59 Å². The number of halogens is 1. The molecule has 2 aromatic carbocycles. The van der Waals surface area contributed by atoms with Crippen LogP contribution >= 0.6 is 11.6 Å². The number of rotatable bonds is 4. The summed E-state index contributed by atoms with van der Waals surface area (Å²) in [5, 5.41) is 7.48. The molecule has 1 amide bonds. The number of carbonyl (C=O) groups excluding carboxylic acids is 1. The molecule has 26 heavy (non-hydrogen) atoms. The summed E-state index contributed by atoms with van der Waals surface area (Å²) < 4.78 is 1.06. The van der Waals surface area contributed by atoms with Gasteiger partial charge in [-0.05, 0) is 43.7 Å². The number of anilines is 1. The molecular formula is C19H17ClN4O2. The molecule has 0 fully saturated rings. The van der Waals surface area contributed by atoms with E-state index in [-0.39, 0.29) is 5.91 Å². The van der Waals surface area contributed by atoms with Crippen LogP contribution in [0.3, 0.4) is 0 Å². The molecule has 7 heteroatoms. The van der Waals surface area contributed by atoms with Gasteiger partial charge in [0, 0.05) is 16.3 Å². The second-order valence-electron chi connectivity index (χ2n) is 5.91. The number of hydrogen-bond acceptors (Lipinski definition) is 4. The van der Waals surface area contributed by atoms with E-state index in [1.54, 1.807) is 37.3 Å². The van der Waals surface area contributed by atoms with Gasteiger partial charge in [0.15, 0.2) is 0 Å². The molecule has 0 unspecified atom stereocenters. The van der Waals surface area contributed by atoms with E-state index in [4.69, 9.17) is 11.6 Å². The second-order valence-corrected chi connectivity index (χ2v) is 6.35. The number of benzene rings is 2. The van der Waals surface area contributed by atoms with E-state index in [2.05, 4.69) is 15.4 Å². The topological polar surface area (TPSA) is 76.9 Å². The van der Waals surface area contributed by atoms with Gasteiger partial charge in [-0.2, -0.15) is 10.1 Å². The van der Waals surface area contributed by atoms with E-state index >= 15 is 0 Å². The van der Waals surface area contributed by atoms with Gasteiger partial charge in [0.05, 0.1) is 11.9 Å². The highest BCUT2D eigenvalue weighted by atomic mass is 35.5. The smallest absolute Gasteiger partial charge is 0.324 e. The molecule has 1 N–H and O–H groups in total. The molecule has 3 aromatic rings. The minimum absolute atomic E-state index is 0.341. The number of hydrogen-bond donors (Lipinski definition) is 1. The molecular weight excluding hydrogens is 352 g/mol. The fourth-order valence-corrected chi connectivity index (χ4v) is 2.58. The summed E-state index contributed by atoms with van der Waals surface area (Å²) >= 11 is 5.86. The Hall–Kier alpha value is -2.99. The summed E-state index contributed by atoms with van der Waals surface area (Å²) in [4.78, 5) is 28.8. The normalized spacial score (nSPS) is 11.8. The monoisotopic (exact) mass is 368 g/mol. The fraction of sp³-hybridized carbons (Fsp3) is 0.158. The molecule has 0 saturated heterocycles. The van der Waals surface area contributed by atoms with Gasteiger partial charge in [0.1, 0.15) is 6.04 Å². The van der Waals surface area contributed by atoms with Crippen LogP contribution in [0.5, 0.6) is 0 Å². The number of amides is 1. The molecule has 132 valence electrons. The molecule has 0 aliphatic rings. The number of carbonyl (C=O) groups is 1. The predicted octanol–water partition coefficient (Wildman–Crippen LogP) is 3.47. The van der Waals surface area contributed by atoms with Crippen molar-refractivity contribution < 1.29 is 4.79 Å². The Labute approximate surface area is 155 Å². The van der Waals surface area contributed by atoms with E-state index < -0.39 is 11.7 Å². The van der Waals surface area contributed by atoms with Gasteiger partial charge in [-0.3, -0.25) is 4.79 Å². The molecule has 0 saturated carbocycles. The lowest BCUT2D eigenvalue weighted by molar-refractivity contribution is -0.119. The lowest BCUT2D eigenvalue weighted by Gasteiger charge is -2.14. The van der Waals surface area contributed by atoms with Crippen LogP contribution in [-0.4, -0.2) is 20.7 Å². The molecule has 0 aliphatic heterocycles. The summed E-state index contributed by atoms with van der Waals surface area (Å²) in [6.07, 6.45) is 1.46. The largest absolute Gasteiger partial charge is 0.365 e. The number of aryl methyl sites for hydroxylation is 1. The van der Waals surface area contributed by atoms with E-state index in [1.807, 2.05) is 25.1 Å². The first kappa shape index (κ1) is 17.8. The van der Waals surface area contributed by atoms with Crippen LogP contribution in [0, 0.1) is 6.92 Å². The molecule has 1 aromatic heterocycles. The standard InChI is InChI=1S/C19H17ClN4O2/c1-12-4-3-5-16(10-12)22-18(25)13(2)24-19(26)23-17(11-21-24)14-6-8-15(20)9-7-14/h3-11,13H,1-2H3,(H,22,25)/t13-/m1/s1. The maximum Gasteiger partial charge on any atom is 0.365 e. The van der Waals surface area contributed by atoms with Gasteiger partial charge < -0.3 is 5.32 Å². The van der Waals surface area contributed by atoms with Crippen LogP contribution in [0.15, 0.2) is 59.5 Å². The van der Waals surface area contributed by atoms with Crippen LogP contribution in [0.25, 0.3) is 11.3 Å². The number of nitrogens with zero attached hydrogens (tertiary/aromatic N) is 3. The maximum atomic E-state index is 12.4. The third kappa shape index (κ3) is 3.97. The quantitative estimate of drug-likeness (QED) is 0.765. The van der Waals surface area contributed by atoms with Crippen molar-refractivity contribution in [2.75, 3.05) is 5.32 Å². The van der Waals surface area contributed by atoms with Crippen molar-refractivity contribution in [2.45, 2.75) is 19.9 Å². The van der Waals surface area contributed by atoms with Crippen molar-refractivity contribution in [1.82, 2.24) is 14.8 Å². The lowest BCUT2D eigenvalue weighted by atomic mass is 10.2. The molecule has 1 heterocycles. The zero-order valence-corrected chi connectivity index (χ0v) is 15.1. The number of nitrogens with one attached hydrogen (secondary N) is 1. The van der Waals surface area contributed by atoms with E-state index in [0.717, 1.165) is 15.8 Å². The first-order chi connectivity index (χ1) is 12.4. The molecule has 3 rings (SSSR count). The summed E-state index contributed by atoms with van der Waals surface area (Å²) in [7, 11) is 0. The fourth-order valence-electron chi connectivity index (χ4n) is 2.46. The van der Waals surface area contributed by atoms with Gasteiger partial charge >= 0.3 is 5.69 Å². The summed E-state index contributed by atoms with van der Waals surface area (Å²) in [6, 6.07) is 13.6. The van der Waals surface area contributed by atoms with Crippen molar-refractivity contribution in [2.24, 2.45) is 0 Å².